The minimum atomic E-state index is -2.96. The fourth-order valence-electron chi connectivity index (χ4n) is 6.07. The fraction of sp³-hybridized carbons (Fsp3) is 0.519. The van der Waals surface area contributed by atoms with Crippen LogP contribution in [0.25, 0.3) is 11.3 Å². The molecule has 0 bridgehead atoms. The Kier molecular flexibility index (Phi) is 9.30. The van der Waals surface area contributed by atoms with Crippen LogP contribution in [0, 0.1) is 17.5 Å². The molecule has 16 heteroatoms. The smallest absolute Gasteiger partial charge is 0.248 e. The van der Waals surface area contributed by atoms with E-state index in [0.29, 0.717) is 0 Å². The Bertz CT molecular complexity index is 1450. The molecule has 1 unspecified atom stereocenters. The molecule has 3 N–H and O–H groups in total. The van der Waals surface area contributed by atoms with Gasteiger partial charge in [0.25, 0.3) is 0 Å². The van der Waals surface area contributed by atoms with E-state index in [2.05, 4.69) is 15.3 Å². The van der Waals surface area contributed by atoms with Crippen LogP contribution in [0.3, 0.4) is 0 Å². The van der Waals surface area contributed by atoms with Crippen LogP contribution in [-0.4, -0.2) is 83.7 Å². The van der Waals surface area contributed by atoms with E-state index in [9.17, 15) is 37.3 Å². The van der Waals surface area contributed by atoms with Crippen LogP contribution in [0.5, 0.6) is 0 Å². The largest absolute Gasteiger partial charge is 0.395 e. The third kappa shape index (κ3) is 6.11. The number of hydrogen-bond donors (Lipinski definition) is 4. The van der Waals surface area contributed by atoms with Crippen molar-refractivity contribution in [3.05, 3.63) is 63.8 Å². The van der Waals surface area contributed by atoms with Gasteiger partial charge in [0.15, 0.2) is 17.5 Å². The van der Waals surface area contributed by atoms with E-state index in [0.717, 1.165) is 12.1 Å². The zero-order valence-electron chi connectivity index (χ0n) is 22.6. The third-order valence-corrected chi connectivity index (χ3v) is 12.6. The van der Waals surface area contributed by atoms with E-state index < -0.39 is 88.1 Å². The minimum absolute atomic E-state index is 0.0153. The summed E-state index contributed by atoms with van der Waals surface area (Å²) in [6.07, 6.45) is -1.20. The van der Waals surface area contributed by atoms with Gasteiger partial charge in [0.1, 0.15) is 11.7 Å². The van der Waals surface area contributed by atoms with Crippen molar-refractivity contribution in [2.45, 2.75) is 66.0 Å². The number of methoxy groups -OCH3 is 1. The van der Waals surface area contributed by atoms with E-state index in [4.69, 9.17) is 27.9 Å². The molecule has 2 fully saturated rings. The number of nitrogens with zero attached hydrogens (tertiary/aromatic N) is 4. The first kappa shape index (κ1) is 32.3. The summed E-state index contributed by atoms with van der Waals surface area (Å²) in [6, 6.07) is 2.00. The van der Waals surface area contributed by atoms with Crippen LogP contribution in [0.2, 0.25) is 10.0 Å². The molecule has 2 aromatic heterocycles. The summed E-state index contributed by atoms with van der Waals surface area (Å²) < 4.78 is 76.6. The van der Waals surface area contributed by atoms with Crippen LogP contribution in [-0.2, 0) is 4.74 Å². The normalized spacial score (nSPS) is 28.5. The molecule has 6 atom stereocenters. The summed E-state index contributed by atoms with van der Waals surface area (Å²) in [7, 11) is -0.300. The maximum atomic E-state index is 14.2. The van der Waals surface area contributed by atoms with Crippen LogP contribution in [0.15, 0.2) is 30.6 Å². The van der Waals surface area contributed by atoms with Crippen molar-refractivity contribution in [3.63, 3.8) is 0 Å². The Morgan fingerprint density at radius 1 is 1.14 bits per heavy atom. The standard InChI is InChI=1S/C27H29Cl2F5N4O4S/c1-42-18-12-43(25(22-20(29)14(28)2-7-35-22)26(41)3-5-27(33,34)6-4-26)19(11-39)24(40)23(18)38-10-17(36-37-38)13-8-15(30)21(32)16(31)9-13/h2,7-10,18-19,23-25,39-41,43H,3-6,11-12H2,1H3/t18-,19+,23+,24-,25+/m0/s1. The molecule has 0 amide bonds. The maximum Gasteiger partial charge on any atom is 0.248 e. The quantitative estimate of drug-likeness (QED) is 0.158. The van der Waals surface area contributed by atoms with Crippen LogP contribution < -0.4 is 0 Å². The highest BCUT2D eigenvalue weighted by atomic mass is 35.5. The highest BCUT2D eigenvalue weighted by Crippen LogP contribution is 2.62. The van der Waals surface area contributed by atoms with Crippen molar-refractivity contribution < 1.29 is 42.0 Å². The Morgan fingerprint density at radius 3 is 2.40 bits per heavy atom. The van der Waals surface area contributed by atoms with Gasteiger partial charge in [-0.2, -0.15) is 0 Å². The molecule has 1 saturated carbocycles. The number of benzene rings is 1. The molecule has 1 aliphatic heterocycles. The van der Waals surface area contributed by atoms with Gasteiger partial charge in [-0.1, -0.05) is 28.4 Å². The van der Waals surface area contributed by atoms with Gasteiger partial charge < -0.3 is 20.1 Å². The number of alkyl halides is 2. The van der Waals surface area contributed by atoms with Crippen LogP contribution in [0.1, 0.15) is 42.7 Å². The molecule has 8 nitrogen and oxygen atoms in total. The number of halogens is 7. The second-order valence-corrected chi connectivity index (χ2v) is 14.3. The fourth-order valence-corrected chi connectivity index (χ4v) is 10.3. The van der Waals surface area contributed by atoms with Gasteiger partial charge in [-0.3, -0.25) is 4.98 Å². The number of ether oxygens (including phenoxy) is 1. The first-order valence-corrected chi connectivity index (χ1v) is 15.8. The molecule has 0 spiro atoms. The lowest BCUT2D eigenvalue weighted by Crippen LogP contribution is -2.54. The molecule has 43 heavy (non-hydrogen) atoms. The SMILES string of the molecule is CO[C@H]1C[SH]([C@H](c2nccc(Cl)c2Cl)C2(O)CCC(F)(F)CC2)[C@H](CO)[C@H](O)[C@@H]1n1cc(-c2cc(F)c(F)c(F)c2)nn1. The highest BCUT2D eigenvalue weighted by molar-refractivity contribution is 8.18. The zero-order chi connectivity index (χ0) is 31.3. The first-order chi connectivity index (χ1) is 20.3. The molecule has 3 heterocycles. The van der Waals surface area contributed by atoms with Crippen molar-refractivity contribution in [2.75, 3.05) is 19.5 Å². The summed E-state index contributed by atoms with van der Waals surface area (Å²) in [5.41, 5.74) is -1.64. The summed E-state index contributed by atoms with van der Waals surface area (Å²) in [4.78, 5) is 4.38. The number of rotatable bonds is 7. The Labute approximate surface area is 256 Å². The molecule has 2 aliphatic rings. The van der Waals surface area contributed by atoms with Gasteiger partial charge in [0.2, 0.25) is 5.92 Å². The van der Waals surface area contributed by atoms with E-state index in [1.165, 1.54) is 30.3 Å². The van der Waals surface area contributed by atoms with Crippen molar-refractivity contribution in [2.24, 2.45) is 0 Å². The maximum absolute atomic E-state index is 14.2. The topological polar surface area (TPSA) is 114 Å². The highest BCUT2D eigenvalue weighted by Gasteiger charge is 2.55. The summed E-state index contributed by atoms with van der Waals surface area (Å²) in [5.74, 6) is -7.28. The summed E-state index contributed by atoms with van der Waals surface area (Å²) in [5, 5.41) is 40.4. The summed E-state index contributed by atoms with van der Waals surface area (Å²) >= 11 is 12.9. The van der Waals surface area contributed by atoms with Crippen molar-refractivity contribution in [3.8, 4) is 11.3 Å². The molecule has 1 saturated heterocycles. The van der Waals surface area contributed by atoms with Crippen LogP contribution >= 0.6 is 34.1 Å². The lowest BCUT2D eigenvalue weighted by Gasteiger charge is -2.53. The molecule has 3 aromatic rings. The van der Waals surface area contributed by atoms with E-state index in [1.54, 1.807) is 0 Å². The number of thiol groups is 1. The van der Waals surface area contributed by atoms with Gasteiger partial charge in [0.05, 0.1) is 51.6 Å². The molecular formula is C27H29Cl2F5N4O4S. The second-order valence-electron chi connectivity index (χ2n) is 10.9. The molecule has 236 valence electrons. The van der Waals surface area contributed by atoms with Gasteiger partial charge in [0, 0.05) is 42.7 Å². The first-order valence-electron chi connectivity index (χ1n) is 13.3. The van der Waals surface area contributed by atoms with Crippen LogP contribution in [0.4, 0.5) is 22.0 Å². The predicted octanol–water partition coefficient (Wildman–Crippen LogP) is 5.04. The van der Waals surface area contributed by atoms with Crippen molar-refractivity contribution in [1.82, 2.24) is 20.0 Å². The van der Waals surface area contributed by atoms with E-state index in [-0.39, 0.29) is 45.6 Å². The lowest BCUT2D eigenvalue weighted by molar-refractivity contribution is -0.105. The number of aliphatic hydroxyl groups excluding tert-OH is 2. The third-order valence-electron chi connectivity index (χ3n) is 8.34. The van der Waals surface area contributed by atoms with Gasteiger partial charge in [-0.05, 0) is 31.0 Å². The summed E-state index contributed by atoms with van der Waals surface area (Å²) in [6.45, 7) is -0.559. The van der Waals surface area contributed by atoms with E-state index in [1.807, 2.05) is 0 Å². The Morgan fingerprint density at radius 2 is 1.79 bits per heavy atom. The second kappa shape index (κ2) is 12.4. The molecule has 1 aromatic carbocycles. The Balaban J connectivity index is 1.54. The number of aliphatic hydroxyl groups is 3. The molecular weight excluding hydrogens is 642 g/mol. The predicted molar refractivity (Wildman–Crippen MR) is 151 cm³/mol. The van der Waals surface area contributed by atoms with Crippen molar-refractivity contribution in [1.29, 1.82) is 0 Å². The van der Waals surface area contributed by atoms with Gasteiger partial charge in [-0.25, -0.2) is 37.5 Å². The molecule has 5 rings (SSSR count). The average molecular weight is 672 g/mol. The number of hydrogen-bond acceptors (Lipinski definition) is 7. The zero-order valence-corrected chi connectivity index (χ0v) is 25.1. The van der Waals surface area contributed by atoms with Crippen molar-refractivity contribution >= 4 is 34.1 Å². The van der Waals surface area contributed by atoms with E-state index >= 15 is 0 Å². The van der Waals surface area contributed by atoms with Gasteiger partial charge >= 0.3 is 0 Å². The average Bonchev–Trinajstić information content (AvgIpc) is 3.45. The number of pyridine rings is 1. The molecule has 1 aliphatic carbocycles. The minimum Gasteiger partial charge on any atom is -0.395 e. The monoisotopic (exact) mass is 670 g/mol. The molecule has 0 radical (unpaired) electrons. The lowest BCUT2D eigenvalue weighted by atomic mass is 9.79. The number of aromatic nitrogens is 4. The van der Waals surface area contributed by atoms with Gasteiger partial charge in [-0.15, -0.1) is 5.10 Å². The Hall–Kier alpha value is -2.07.